The normalized spacial score (nSPS) is 20.0. The molecule has 1 fully saturated rings. The minimum atomic E-state index is 0.670. The van der Waals surface area contributed by atoms with Gasteiger partial charge in [-0.25, -0.2) is 0 Å². The molecule has 0 spiro atoms. The van der Waals surface area contributed by atoms with Gasteiger partial charge >= 0.3 is 0 Å². The second-order valence-electron chi connectivity index (χ2n) is 3.15. The average Bonchev–Trinajstić information content (AvgIpc) is 2.15. The van der Waals surface area contributed by atoms with E-state index in [9.17, 15) is 0 Å². The summed E-state index contributed by atoms with van der Waals surface area (Å²) in [6.07, 6.45) is 2.34. The van der Waals surface area contributed by atoms with Gasteiger partial charge in [0.25, 0.3) is 0 Å². The molecule has 74 valence electrons. The number of nitrogens with zero attached hydrogens (tertiary/aromatic N) is 2. The molecule has 1 saturated heterocycles. The quantitative estimate of drug-likeness (QED) is 0.529. The van der Waals surface area contributed by atoms with Crippen LogP contribution in [0.1, 0.15) is 12.8 Å². The monoisotopic (exact) mass is 217 g/mol. The molecule has 1 heterocycles. The Kier molecular flexibility index (Phi) is 4.52. The van der Waals surface area contributed by atoms with Crippen molar-refractivity contribution in [2.45, 2.75) is 12.8 Å². The molecule has 5 heteroatoms. The summed E-state index contributed by atoms with van der Waals surface area (Å²) >= 11 is 6.98. The molecule has 0 aromatic carbocycles. The van der Waals surface area contributed by atoms with E-state index in [1.54, 1.807) is 0 Å². The molecule has 1 aliphatic rings. The van der Waals surface area contributed by atoms with Crippen molar-refractivity contribution >= 4 is 34.8 Å². The molecule has 0 atom stereocenters. The molecular formula is C8H15N3S2. The number of thiocarbonyl (C=S) groups is 1. The van der Waals surface area contributed by atoms with Crippen molar-refractivity contribution in [2.75, 3.05) is 25.6 Å². The molecule has 3 nitrogen and oxygen atoms in total. The van der Waals surface area contributed by atoms with E-state index in [1.807, 2.05) is 30.8 Å². The van der Waals surface area contributed by atoms with Crippen molar-refractivity contribution in [1.29, 1.82) is 0 Å². The Balaban J connectivity index is 2.33. The van der Waals surface area contributed by atoms with Crippen LogP contribution in [-0.2, 0) is 0 Å². The molecule has 0 saturated carbocycles. The first kappa shape index (κ1) is 10.8. The summed E-state index contributed by atoms with van der Waals surface area (Å²) < 4.78 is 0. The molecule has 1 N–H and O–H groups in total. The fourth-order valence-corrected chi connectivity index (χ4v) is 1.94. The predicted molar refractivity (Wildman–Crippen MR) is 63.4 cm³/mol. The Morgan fingerprint density at radius 3 is 2.92 bits per heavy atom. The molecule has 1 aliphatic heterocycles. The fourth-order valence-electron chi connectivity index (χ4n) is 0.955. The summed E-state index contributed by atoms with van der Waals surface area (Å²) in [4.78, 5) is 1.84. The third-order valence-electron chi connectivity index (χ3n) is 1.74. The molecule has 0 aromatic heterocycles. The molecule has 0 aromatic rings. The van der Waals surface area contributed by atoms with Crippen molar-refractivity contribution < 1.29 is 0 Å². The lowest BCUT2D eigenvalue weighted by molar-refractivity contribution is 0.605. The highest BCUT2D eigenvalue weighted by molar-refractivity contribution is 8.00. The second-order valence-corrected chi connectivity index (χ2v) is 4.64. The maximum Gasteiger partial charge on any atom is 0.189 e. The molecular weight excluding hydrogens is 202 g/mol. The SMILES string of the molecule is CN(C)C(=S)N/N=C1/CCCSC1. The van der Waals surface area contributed by atoms with Crippen molar-refractivity contribution in [2.24, 2.45) is 5.10 Å². The standard InChI is InChI=1S/C8H15N3S2/c1-11(2)8(12)10-9-7-4-3-5-13-6-7/h3-6H2,1-2H3,(H,10,12)/b9-7-. The minimum absolute atomic E-state index is 0.670. The van der Waals surface area contributed by atoms with Gasteiger partial charge in [0.1, 0.15) is 0 Å². The first-order chi connectivity index (χ1) is 6.20. The number of nitrogens with one attached hydrogen (secondary N) is 1. The summed E-state index contributed by atoms with van der Waals surface area (Å²) in [7, 11) is 3.82. The van der Waals surface area contributed by atoms with Gasteiger partial charge in [-0.2, -0.15) is 16.9 Å². The molecule has 0 aliphatic carbocycles. The maximum absolute atomic E-state index is 5.05. The average molecular weight is 217 g/mol. The van der Waals surface area contributed by atoms with E-state index in [1.165, 1.54) is 17.9 Å². The smallest absolute Gasteiger partial charge is 0.189 e. The number of thioether (sulfide) groups is 1. The van der Waals surface area contributed by atoms with Gasteiger partial charge in [0.2, 0.25) is 0 Å². The zero-order chi connectivity index (χ0) is 9.68. The number of hydrogen-bond donors (Lipinski definition) is 1. The lowest BCUT2D eigenvalue weighted by atomic mass is 10.2. The van der Waals surface area contributed by atoms with E-state index in [4.69, 9.17) is 12.2 Å². The van der Waals surface area contributed by atoms with Gasteiger partial charge in [-0.15, -0.1) is 0 Å². The van der Waals surface area contributed by atoms with Gasteiger partial charge in [0.15, 0.2) is 5.11 Å². The first-order valence-corrected chi connectivity index (χ1v) is 5.87. The van der Waals surface area contributed by atoms with E-state index >= 15 is 0 Å². The van der Waals surface area contributed by atoms with E-state index in [2.05, 4.69) is 10.5 Å². The summed E-state index contributed by atoms with van der Waals surface area (Å²) in [6.45, 7) is 0. The van der Waals surface area contributed by atoms with Crippen LogP contribution in [0.2, 0.25) is 0 Å². The lowest BCUT2D eigenvalue weighted by Gasteiger charge is -2.15. The van der Waals surface area contributed by atoms with Gasteiger partial charge < -0.3 is 4.90 Å². The van der Waals surface area contributed by atoms with Crippen LogP contribution in [0, 0.1) is 0 Å². The van der Waals surface area contributed by atoms with Crippen LogP contribution in [-0.4, -0.2) is 41.3 Å². The molecule has 0 bridgehead atoms. The Morgan fingerprint density at radius 1 is 1.62 bits per heavy atom. The predicted octanol–water partition coefficient (Wildman–Crippen LogP) is 1.31. The van der Waals surface area contributed by atoms with Crippen LogP contribution in [0.15, 0.2) is 5.10 Å². The highest BCUT2D eigenvalue weighted by Crippen LogP contribution is 2.13. The van der Waals surface area contributed by atoms with Crippen LogP contribution < -0.4 is 5.43 Å². The third kappa shape index (κ3) is 3.95. The third-order valence-corrected chi connectivity index (χ3v) is 3.31. The van der Waals surface area contributed by atoms with E-state index < -0.39 is 0 Å². The van der Waals surface area contributed by atoms with Crippen LogP contribution in [0.4, 0.5) is 0 Å². The summed E-state index contributed by atoms with van der Waals surface area (Å²) in [6, 6.07) is 0. The van der Waals surface area contributed by atoms with Crippen molar-refractivity contribution in [3.63, 3.8) is 0 Å². The minimum Gasteiger partial charge on any atom is -0.354 e. The Bertz CT molecular complexity index is 205. The number of hydrogen-bond acceptors (Lipinski definition) is 3. The van der Waals surface area contributed by atoms with Crippen molar-refractivity contribution in [3.05, 3.63) is 0 Å². The Morgan fingerprint density at radius 2 is 2.38 bits per heavy atom. The van der Waals surface area contributed by atoms with E-state index in [0.29, 0.717) is 5.11 Å². The van der Waals surface area contributed by atoms with Crippen molar-refractivity contribution in [3.8, 4) is 0 Å². The molecule has 0 unspecified atom stereocenters. The first-order valence-electron chi connectivity index (χ1n) is 4.30. The topological polar surface area (TPSA) is 27.6 Å². The molecule has 13 heavy (non-hydrogen) atoms. The number of rotatable bonds is 1. The highest BCUT2D eigenvalue weighted by Gasteiger charge is 2.07. The van der Waals surface area contributed by atoms with Crippen LogP contribution in [0.3, 0.4) is 0 Å². The van der Waals surface area contributed by atoms with Gasteiger partial charge in [-0.05, 0) is 30.8 Å². The van der Waals surface area contributed by atoms with Gasteiger partial charge in [-0.1, -0.05) is 0 Å². The van der Waals surface area contributed by atoms with E-state index in [0.717, 1.165) is 12.2 Å². The zero-order valence-electron chi connectivity index (χ0n) is 8.04. The zero-order valence-corrected chi connectivity index (χ0v) is 9.67. The Labute approximate surface area is 88.9 Å². The molecule has 1 rings (SSSR count). The number of hydrazone groups is 1. The van der Waals surface area contributed by atoms with Gasteiger partial charge in [0.05, 0.1) is 0 Å². The lowest BCUT2D eigenvalue weighted by Crippen LogP contribution is -2.32. The molecule has 0 amide bonds. The largest absolute Gasteiger partial charge is 0.354 e. The molecule has 0 radical (unpaired) electrons. The summed E-state index contributed by atoms with van der Waals surface area (Å²) in [5, 5.41) is 4.94. The summed E-state index contributed by atoms with van der Waals surface area (Å²) in [5.41, 5.74) is 4.11. The second kappa shape index (κ2) is 5.44. The maximum atomic E-state index is 5.05. The Hall–Kier alpha value is -0.290. The highest BCUT2D eigenvalue weighted by atomic mass is 32.2. The van der Waals surface area contributed by atoms with Crippen LogP contribution >= 0.6 is 24.0 Å². The van der Waals surface area contributed by atoms with Gasteiger partial charge in [0, 0.05) is 25.6 Å². The fraction of sp³-hybridized carbons (Fsp3) is 0.750. The van der Waals surface area contributed by atoms with Crippen molar-refractivity contribution in [1.82, 2.24) is 10.3 Å². The summed E-state index contributed by atoms with van der Waals surface area (Å²) in [5.74, 6) is 2.31. The van der Waals surface area contributed by atoms with Crippen LogP contribution in [0.5, 0.6) is 0 Å². The van der Waals surface area contributed by atoms with Gasteiger partial charge in [-0.3, -0.25) is 5.43 Å². The van der Waals surface area contributed by atoms with Crippen LogP contribution in [0.25, 0.3) is 0 Å². The van der Waals surface area contributed by atoms with E-state index in [-0.39, 0.29) is 0 Å².